The molecule has 0 aliphatic rings. The van der Waals surface area contributed by atoms with E-state index >= 15 is 0 Å². The molecule has 0 aliphatic heterocycles. The highest BCUT2D eigenvalue weighted by atomic mass is 127. The number of carbonyl (C=O) groups is 1. The maximum absolute atomic E-state index is 11.1. The van der Waals surface area contributed by atoms with Crippen LogP contribution in [0.25, 0.3) is 0 Å². The molecule has 0 aliphatic carbocycles. The molecule has 6 heteroatoms. The van der Waals surface area contributed by atoms with Crippen molar-refractivity contribution >= 4 is 35.9 Å². The molecule has 0 amide bonds. The molecule has 0 saturated carbocycles. The van der Waals surface area contributed by atoms with E-state index < -0.39 is 0 Å². The van der Waals surface area contributed by atoms with E-state index in [9.17, 15) is 4.79 Å². The van der Waals surface area contributed by atoms with Crippen LogP contribution >= 0.6 is 24.0 Å². The molecule has 0 unspecified atom stereocenters. The van der Waals surface area contributed by atoms with Crippen LogP contribution in [0.15, 0.2) is 4.99 Å². The molecule has 0 aromatic heterocycles. The Bertz CT molecular complexity index is 269. The first-order chi connectivity index (χ1) is 9.15. The SMILES string of the molecule is CCOC(=O)CCCCCCN=C(N)N(CC)CC.I. The third-order valence-electron chi connectivity index (χ3n) is 2.96. The fourth-order valence-electron chi connectivity index (χ4n) is 1.81. The molecule has 0 aromatic rings. The van der Waals surface area contributed by atoms with E-state index in [1.807, 2.05) is 11.8 Å². The lowest BCUT2D eigenvalue weighted by Crippen LogP contribution is -2.37. The van der Waals surface area contributed by atoms with Gasteiger partial charge in [0.15, 0.2) is 5.96 Å². The Morgan fingerprint density at radius 3 is 2.25 bits per heavy atom. The second-order valence-electron chi connectivity index (χ2n) is 4.38. The number of nitrogens with zero attached hydrogens (tertiary/aromatic N) is 2. The molecule has 120 valence electrons. The van der Waals surface area contributed by atoms with Crippen LogP contribution in [-0.4, -0.2) is 43.1 Å². The van der Waals surface area contributed by atoms with Crippen LogP contribution in [0, 0.1) is 0 Å². The number of hydrogen-bond donors (Lipinski definition) is 1. The summed E-state index contributed by atoms with van der Waals surface area (Å²) < 4.78 is 4.87. The van der Waals surface area contributed by atoms with Gasteiger partial charge in [-0.1, -0.05) is 12.8 Å². The molecule has 2 N–H and O–H groups in total. The zero-order valence-corrected chi connectivity index (χ0v) is 15.4. The monoisotopic (exact) mass is 399 g/mol. The first-order valence-corrected chi connectivity index (χ1v) is 7.36. The maximum Gasteiger partial charge on any atom is 0.305 e. The van der Waals surface area contributed by atoms with E-state index in [0.29, 0.717) is 19.0 Å². The lowest BCUT2D eigenvalue weighted by molar-refractivity contribution is -0.143. The van der Waals surface area contributed by atoms with E-state index in [2.05, 4.69) is 18.8 Å². The molecule has 0 aromatic carbocycles. The van der Waals surface area contributed by atoms with Gasteiger partial charge in [-0.25, -0.2) is 0 Å². The van der Waals surface area contributed by atoms with E-state index in [-0.39, 0.29) is 29.9 Å². The van der Waals surface area contributed by atoms with Gasteiger partial charge in [0, 0.05) is 26.1 Å². The molecule has 0 bridgehead atoms. The average molecular weight is 399 g/mol. The van der Waals surface area contributed by atoms with Gasteiger partial charge in [0.2, 0.25) is 0 Å². The summed E-state index contributed by atoms with van der Waals surface area (Å²) in [6.45, 7) is 9.00. The van der Waals surface area contributed by atoms with Crippen LogP contribution in [-0.2, 0) is 9.53 Å². The number of guanidine groups is 1. The highest BCUT2D eigenvalue weighted by Crippen LogP contribution is 2.04. The van der Waals surface area contributed by atoms with Crippen molar-refractivity contribution in [3.8, 4) is 0 Å². The Hall–Kier alpha value is -0.530. The van der Waals surface area contributed by atoms with Gasteiger partial charge in [-0.3, -0.25) is 9.79 Å². The first-order valence-electron chi connectivity index (χ1n) is 7.36. The van der Waals surface area contributed by atoms with Crippen molar-refractivity contribution in [1.29, 1.82) is 0 Å². The fraction of sp³-hybridized carbons (Fsp3) is 0.857. The Morgan fingerprint density at radius 1 is 1.10 bits per heavy atom. The number of carbonyl (C=O) groups excluding carboxylic acids is 1. The van der Waals surface area contributed by atoms with Crippen molar-refractivity contribution in [2.45, 2.75) is 52.9 Å². The Balaban J connectivity index is 0. The predicted molar refractivity (Wildman–Crippen MR) is 94.5 cm³/mol. The van der Waals surface area contributed by atoms with Crippen LogP contribution in [0.2, 0.25) is 0 Å². The largest absolute Gasteiger partial charge is 0.466 e. The summed E-state index contributed by atoms with van der Waals surface area (Å²) in [5.74, 6) is 0.544. The maximum atomic E-state index is 11.1. The van der Waals surface area contributed by atoms with Gasteiger partial charge < -0.3 is 15.4 Å². The second-order valence-corrected chi connectivity index (χ2v) is 4.38. The predicted octanol–water partition coefficient (Wildman–Crippen LogP) is 2.77. The van der Waals surface area contributed by atoms with Crippen molar-refractivity contribution in [3.63, 3.8) is 0 Å². The van der Waals surface area contributed by atoms with Crippen molar-refractivity contribution < 1.29 is 9.53 Å². The summed E-state index contributed by atoms with van der Waals surface area (Å²) in [5.41, 5.74) is 5.87. The lowest BCUT2D eigenvalue weighted by atomic mass is 10.1. The molecule has 0 heterocycles. The number of nitrogens with two attached hydrogens (primary N) is 1. The van der Waals surface area contributed by atoms with Crippen LogP contribution in [0.4, 0.5) is 0 Å². The third-order valence-corrected chi connectivity index (χ3v) is 2.96. The van der Waals surface area contributed by atoms with Crippen LogP contribution in [0.3, 0.4) is 0 Å². The smallest absolute Gasteiger partial charge is 0.305 e. The van der Waals surface area contributed by atoms with Crippen molar-refractivity contribution in [2.24, 2.45) is 10.7 Å². The number of ether oxygens (including phenoxy) is 1. The number of halogens is 1. The molecule has 20 heavy (non-hydrogen) atoms. The van der Waals surface area contributed by atoms with Crippen molar-refractivity contribution in [1.82, 2.24) is 4.90 Å². The highest BCUT2D eigenvalue weighted by Gasteiger charge is 2.02. The molecule has 0 atom stereocenters. The van der Waals surface area contributed by atoms with Gasteiger partial charge in [-0.2, -0.15) is 0 Å². The summed E-state index contributed by atoms with van der Waals surface area (Å²) >= 11 is 0. The van der Waals surface area contributed by atoms with E-state index in [0.717, 1.165) is 45.3 Å². The molecule has 5 nitrogen and oxygen atoms in total. The summed E-state index contributed by atoms with van der Waals surface area (Å²) in [4.78, 5) is 17.5. The van der Waals surface area contributed by atoms with Gasteiger partial charge in [0.25, 0.3) is 0 Å². The Morgan fingerprint density at radius 2 is 1.70 bits per heavy atom. The zero-order chi connectivity index (χ0) is 14.5. The van der Waals surface area contributed by atoms with Crippen LogP contribution in [0.1, 0.15) is 52.9 Å². The summed E-state index contributed by atoms with van der Waals surface area (Å²) in [5, 5.41) is 0. The normalized spacial score (nSPS) is 10.8. The topological polar surface area (TPSA) is 67.9 Å². The average Bonchev–Trinajstić information content (AvgIpc) is 2.39. The van der Waals surface area contributed by atoms with E-state index in [1.165, 1.54) is 0 Å². The molecular formula is C14H30IN3O2. The highest BCUT2D eigenvalue weighted by molar-refractivity contribution is 14.0. The number of unbranched alkanes of at least 4 members (excludes halogenated alkanes) is 3. The lowest BCUT2D eigenvalue weighted by Gasteiger charge is -2.19. The molecule has 0 saturated heterocycles. The minimum absolute atomic E-state index is 0. The summed E-state index contributed by atoms with van der Waals surface area (Å²) in [7, 11) is 0. The Labute approximate surface area is 140 Å². The number of hydrogen-bond acceptors (Lipinski definition) is 3. The first kappa shape index (κ1) is 21.8. The van der Waals surface area contributed by atoms with Gasteiger partial charge in [-0.15, -0.1) is 24.0 Å². The van der Waals surface area contributed by atoms with E-state index in [4.69, 9.17) is 10.5 Å². The standard InChI is InChI=1S/C14H29N3O2.HI/c1-4-17(5-2)14(15)16-12-10-8-7-9-11-13(18)19-6-3;/h4-12H2,1-3H3,(H2,15,16);1H. The van der Waals surface area contributed by atoms with Crippen molar-refractivity contribution in [3.05, 3.63) is 0 Å². The number of rotatable bonds is 10. The quantitative estimate of drug-likeness (QED) is 0.202. The molecule has 0 radical (unpaired) electrons. The van der Waals surface area contributed by atoms with Crippen LogP contribution in [0.5, 0.6) is 0 Å². The molecule has 0 fully saturated rings. The third kappa shape index (κ3) is 11.3. The molecular weight excluding hydrogens is 369 g/mol. The molecule has 0 rings (SSSR count). The van der Waals surface area contributed by atoms with Crippen LogP contribution < -0.4 is 5.73 Å². The van der Waals surface area contributed by atoms with Gasteiger partial charge >= 0.3 is 5.97 Å². The zero-order valence-electron chi connectivity index (χ0n) is 13.1. The second kappa shape index (κ2) is 14.9. The minimum atomic E-state index is -0.0914. The fourth-order valence-corrected chi connectivity index (χ4v) is 1.81. The van der Waals surface area contributed by atoms with Crippen molar-refractivity contribution in [2.75, 3.05) is 26.2 Å². The van der Waals surface area contributed by atoms with Gasteiger partial charge in [-0.05, 0) is 33.6 Å². The Kier molecular flexibility index (Phi) is 16.2. The summed E-state index contributed by atoms with van der Waals surface area (Å²) in [6, 6.07) is 0. The number of aliphatic imine (C=N–C) groups is 1. The summed E-state index contributed by atoms with van der Waals surface area (Å²) in [6.07, 6.45) is 4.56. The molecule has 0 spiro atoms. The minimum Gasteiger partial charge on any atom is -0.466 e. The van der Waals surface area contributed by atoms with Gasteiger partial charge in [0.1, 0.15) is 0 Å². The number of esters is 1. The van der Waals surface area contributed by atoms with Gasteiger partial charge in [0.05, 0.1) is 6.61 Å². The van der Waals surface area contributed by atoms with E-state index in [1.54, 1.807) is 0 Å².